The van der Waals surface area contributed by atoms with Crippen LogP contribution in [0.2, 0.25) is 0 Å². The van der Waals surface area contributed by atoms with Crippen LogP contribution < -0.4 is 10.3 Å². The number of nitro groups is 1. The first-order chi connectivity index (χ1) is 11.7. The van der Waals surface area contributed by atoms with E-state index in [0.29, 0.717) is 16.9 Å². The summed E-state index contributed by atoms with van der Waals surface area (Å²) in [6.45, 7) is 3.32. The molecule has 128 valence electrons. The Balaban J connectivity index is 2.28. The summed E-state index contributed by atoms with van der Waals surface area (Å²) < 4.78 is 6.91. The Morgan fingerprint density at radius 2 is 2.08 bits per heavy atom. The minimum Gasteiger partial charge on any atom is -0.485 e. The van der Waals surface area contributed by atoms with Crippen LogP contribution >= 0.6 is 0 Å². The summed E-state index contributed by atoms with van der Waals surface area (Å²) >= 11 is 0. The summed E-state index contributed by atoms with van der Waals surface area (Å²) in [6, 6.07) is 7.96. The van der Waals surface area contributed by atoms with E-state index in [1.807, 2.05) is 6.07 Å². The molecule has 0 bridgehead atoms. The van der Waals surface area contributed by atoms with Crippen molar-refractivity contribution in [3.05, 3.63) is 68.1 Å². The summed E-state index contributed by atoms with van der Waals surface area (Å²) in [7, 11) is 0. The highest BCUT2D eigenvalue weighted by molar-refractivity contribution is 5.47. The molecule has 0 aliphatic carbocycles. The van der Waals surface area contributed by atoms with Gasteiger partial charge in [-0.1, -0.05) is 0 Å². The van der Waals surface area contributed by atoms with Crippen molar-refractivity contribution < 1.29 is 14.8 Å². The normalized spacial score (nSPS) is 20.9. The Morgan fingerprint density at radius 3 is 2.72 bits per heavy atom. The zero-order valence-corrected chi connectivity index (χ0v) is 13.5. The number of nitrogens with zero attached hydrogens (tertiary/aromatic N) is 3. The molecular weight excluding hydrogens is 326 g/mol. The van der Waals surface area contributed by atoms with E-state index in [9.17, 15) is 20.0 Å². The van der Waals surface area contributed by atoms with Crippen LogP contribution in [0.5, 0.6) is 5.75 Å². The lowest BCUT2D eigenvalue weighted by atomic mass is 9.85. The van der Waals surface area contributed by atoms with Crippen molar-refractivity contribution in [3.63, 3.8) is 0 Å². The number of aliphatic hydroxyl groups excluding tert-OH is 1. The fraction of sp³-hybridized carbons (Fsp3) is 0.294. The van der Waals surface area contributed by atoms with E-state index in [0.717, 1.165) is 22.9 Å². The van der Waals surface area contributed by atoms with Gasteiger partial charge in [-0.25, -0.2) is 0 Å². The number of hydrogen-bond acceptors (Lipinski definition) is 6. The largest absolute Gasteiger partial charge is 0.485 e. The maximum Gasteiger partial charge on any atom is 0.285 e. The van der Waals surface area contributed by atoms with Crippen LogP contribution in [-0.4, -0.2) is 26.3 Å². The maximum absolute atomic E-state index is 12.3. The van der Waals surface area contributed by atoms with E-state index in [1.165, 1.54) is 6.07 Å². The molecule has 0 radical (unpaired) electrons. The number of nitriles is 1. The highest BCUT2D eigenvalue weighted by Gasteiger charge is 2.44. The van der Waals surface area contributed by atoms with Gasteiger partial charge >= 0.3 is 0 Å². The van der Waals surface area contributed by atoms with Gasteiger partial charge in [-0.15, -0.1) is 0 Å². The van der Waals surface area contributed by atoms with Crippen LogP contribution in [0.15, 0.2) is 41.3 Å². The topological polar surface area (TPSA) is 118 Å². The van der Waals surface area contributed by atoms with Gasteiger partial charge in [0.2, 0.25) is 0 Å². The standard InChI is InChI=1S/C17H15N3O5/c1-17(2)16(22)15(12-7-10(8-18)3-5-13(12)25-17)19-9-11(20(23)24)4-6-14(19)21/h3-7,9,15-16,22H,1-2H3/t15-,16+/m1/s1. The van der Waals surface area contributed by atoms with Gasteiger partial charge in [0.25, 0.3) is 11.2 Å². The summed E-state index contributed by atoms with van der Waals surface area (Å²) in [5.74, 6) is 0.415. The average Bonchev–Trinajstić information content (AvgIpc) is 2.56. The van der Waals surface area contributed by atoms with Crippen LogP contribution in [0, 0.1) is 21.4 Å². The maximum atomic E-state index is 12.3. The van der Waals surface area contributed by atoms with Gasteiger partial charge in [0.05, 0.1) is 28.8 Å². The van der Waals surface area contributed by atoms with Crippen molar-refractivity contribution in [2.24, 2.45) is 0 Å². The van der Waals surface area contributed by atoms with E-state index < -0.39 is 28.2 Å². The zero-order chi connectivity index (χ0) is 18.4. The Hall–Kier alpha value is -3.18. The first kappa shape index (κ1) is 16.7. The van der Waals surface area contributed by atoms with Crippen LogP contribution in [0.3, 0.4) is 0 Å². The van der Waals surface area contributed by atoms with E-state index in [-0.39, 0.29) is 5.69 Å². The molecule has 2 aromatic rings. The minimum absolute atomic E-state index is 0.269. The molecule has 1 aliphatic rings. The molecular formula is C17H15N3O5. The highest BCUT2D eigenvalue weighted by Crippen LogP contribution is 2.41. The molecule has 0 saturated heterocycles. The number of aliphatic hydroxyl groups is 1. The second-order valence-electron chi connectivity index (χ2n) is 6.35. The molecule has 0 unspecified atom stereocenters. The van der Waals surface area contributed by atoms with Crippen LogP contribution in [0.4, 0.5) is 5.69 Å². The van der Waals surface area contributed by atoms with Gasteiger partial charge in [-0.3, -0.25) is 19.5 Å². The smallest absolute Gasteiger partial charge is 0.285 e. The fourth-order valence-corrected chi connectivity index (χ4v) is 2.96. The third-order valence-electron chi connectivity index (χ3n) is 4.27. The van der Waals surface area contributed by atoms with Gasteiger partial charge in [-0.2, -0.15) is 5.26 Å². The number of pyridine rings is 1. The van der Waals surface area contributed by atoms with Gasteiger partial charge in [0.1, 0.15) is 17.5 Å². The van der Waals surface area contributed by atoms with E-state index >= 15 is 0 Å². The van der Waals surface area contributed by atoms with E-state index in [2.05, 4.69) is 0 Å². The predicted molar refractivity (Wildman–Crippen MR) is 87.4 cm³/mol. The molecule has 0 saturated carbocycles. The van der Waals surface area contributed by atoms with Crippen LogP contribution in [0.1, 0.15) is 31.0 Å². The summed E-state index contributed by atoms with van der Waals surface area (Å²) in [5.41, 5.74) is -1.04. The molecule has 1 aromatic carbocycles. The molecule has 0 amide bonds. The number of aromatic nitrogens is 1. The average molecular weight is 341 g/mol. The molecule has 1 aliphatic heterocycles. The Kier molecular flexibility index (Phi) is 3.81. The van der Waals surface area contributed by atoms with Crippen molar-refractivity contribution in [3.8, 4) is 11.8 Å². The summed E-state index contributed by atoms with van der Waals surface area (Å²) in [4.78, 5) is 22.8. The number of hydrogen-bond donors (Lipinski definition) is 1. The van der Waals surface area contributed by atoms with Gasteiger partial charge in [0, 0.05) is 17.7 Å². The quantitative estimate of drug-likeness (QED) is 0.656. The number of ether oxygens (including phenoxy) is 1. The van der Waals surface area contributed by atoms with Crippen molar-refractivity contribution in [1.82, 2.24) is 4.57 Å². The molecule has 8 heteroatoms. The summed E-state index contributed by atoms with van der Waals surface area (Å²) in [6.07, 6.45) is -0.0610. The molecule has 2 heterocycles. The number of fused-ring (bicyclic) bond motifs is 1. The molecule has 25 heavy (non-hydrogen) atoms. The van der Waals surface area contributed by atoms with Crippen LogP contribution in [0.25, 0.3) is 0 Å². The van der Waals surface area contributed by atoms with Crippen molar-refractivity contribution in [2.75, 3.05) is 0 Å². The zero-order valence-electron chi connectivity index (χ0n) is 13.5. The Labute approximate surface area is 142 Å². The minimum atomic E-state index is -1.16. The predicted octanol–water partition coefficient (Wildman–Crippen LogP) is 1.75. The SMILES string of the molecule is CC1(C)Oc2ccc(C#N)cc2[C@@H](n2cc([N+](=O)[O-])ccc2=O)[C@@H]1O. The first-order valence-corrected chi connectivity index (χ1v) is 7.52. The van der Waals surface area contributed by atoms with Crippen molar-refractivity contribution in [1.29, 1.82) is 5.26 Å². The first-order valence-electron chi connectivity index (χ1n) is 7.52. The molecule has 1 aromatic heterocycles. The third kappa shape index (κ3) is 2.75. The van der Waals surface area contributed by atoms with Crippen molar-refractivity contribution >= 4 is 5.69 Å². The Morgan fingerprint density at radius 1 is 1.36 bits per heavy atom. The number of rotatable bonds is 2. The molecule has 1 N–H and O–H groups in total. The lowest BCUT2D eigenvalue weighted by Gasteiger charge is -2.42. The fourth-order valence-electron chi connectivity index (χ4n) is 2.96. The molecule has 3 rings (SSSR count). The van der Waals surface area contributed by atoms with Gasteiger partial charge in [-0.05, 0) is 32.0 Å². The third-order valence-corrected chi connectivity index (χ3v) is 4.27. The summed E-state index contributed by atoms with van der Waals surface area (Å²) in [5, 5.41) is 31.0. The number of benzene rings is 1. The van der Waals surface area contributed by atoms with E-state index in [4.69, 9.17) is 10.00 Å². The Bertz CT molecular complexity index is 957. The lowest BCUT2D eigenvalue weighted by Crippen LogP contribution is -2.52. The van der Waals surface area contributed by atoms with Crippen LogP contribution in [-0.2, 0) is 0 Å². The van der Waals surface area contributed by atoms with Crippen molar-refractivity contribution in [2.45, 2.75) is 31.6 Å². The molecule has 0 spiro atoms. The highest BCUT2D eigenvalue weighted by atomic mass is 16.6. The van der Waals surface area contributed by atoms with Gasteiger partial charge < -0.3 is 9.84 Å². The molecule has 2 atom stereocenters. The molecule has 8 nitrogen and oxygen atoms in total. The monoisotopic (exact) mass is 341 g/mol. The second-order valence-corrected chi connectivity index (χ2v) is 6.35. The lowest BCUT2D eigenvalue weighted by molar-refractivity contribution is -0.385. The van der Waals surface area contributed by atoms with Gasteiger partial charge in [0.15, 0.2) is 0 Å². The second kappa shape index (κ2) is 5.72. The molecule has 0 fully saturated rings. The van der Waals surface area contributed by atoms with E-state index in [1.54, 1.807) is 26.0 Å².